The van der Waals surface area contributed by atoms with Gasteiger partial charge in [0.15, 0.2) is 6.29 Å². The molecule has 0 aromatic carbocycles. The number of aliphatic hydroxyl groups is 5. The van der Waals surface area contributed by atoms with Gasteiger partial charge in [-0.2, -0.15) is 0 Å². The van der Waals surface area contributed by atoms with Gasteiger partial charge >= 0.3 is 0 Å². The normalized spacial score (nSPS) is 22.5. The van der Waals surface area contributed by atoms with Crippen molar-refractivity contribution in [2.45, 2.75) is 224 Å². The van der Waals surface area contributed by atoms with Crippen LogP contribution in [0.15, 0.2) is 12.2 Å². The van der Waals surface area contributed by atoms with Crippen LogP contribution in [0.4, 0.5) is 0 Å². The molecule has 0 bridgehead atoms. The molecule has 1 aliphatic rings. The molecule has 1 rings (SSSR count). The standard InChI is InChI=1S/C40H77NO8/c1-3-5-7-9-11-13-15-17-19-21-23-25-27-29-34(43)33(32-48-40-39(47)38(46)37(45)35(31-42)49-40)41-36(44)30-28-26-24-22-20-18-16-14-12-10-8-6-4-2/h27,29,33-35,37-40,42-43,45-47H,3-26,28,30-32H2,1-2H3,(H,41,44)/t33?,34?,35?,37-,38+,39?,40?/m0/s1. The first-order valence-electron chi connectivity index (χ1n) is 20.4. The summed E-state index contributed by atoms with van der Waals surface area (Å²) >= 11 is 0. The molecular formula is C40H77NO8. The summed E-state index contributed by atoms with van der Waals surface area (Å²) in [6.07, 6.45) is 26.7. The van der Waals surface area contributed by atoms with Crippen LogP contribution in [-0.2, 0) is 14.3 Å². The van der Waals surface area contributed by atoms with E-state index in [2.05, 4.69) is 19.2 Å². The number of aliphatic hydroxyl groups excluding tert-OH is 5. The molecule has 0 radical (unpaired) electrons. The monoisotopic (exact) mass is 700 g/mol. The SMILES string of the molecule is CCCCCCCCCCCCCC=CC(O)C(COC1OC(CO)[C@H](O)[C@@H](O)C1O)NC(=O)CCCCCCCCCCCCCCC. The summed E-state index contributed by atoms with van der Waals surface area (Å²) in [5, 5.41) is 53.9. The Hall–Kier alpha value is -1.07. The molecule has 49 heavy (non-hydrogen) atoms. The highest BCUT2D eigenvalue weighted by molar-refractivity contribution is 5.76. The summed E-state index contributed by atoms with van der Waals surface area (Å²) in [7, 11) is 0. The van der Waals surface area contributed by atoms with Crippen molar-refractivity contribution in [3.8, 4) is 0 Å². The number of hydrogen-bond donors (Lipinski definition) is 6. The fraction of sp³-hybridized carbons (Fsp3) is 0.925. The lowest BCUT2D eigenvalue weighted by Gasteiger charge is -2.40. The molecule has 1 amide bonds. The maximum Gasteiger partial charge on any atom is 0.220 e. The van der Waals surface area contributed by atoms with Crippen molar-refractivity contribution >= 4 is 5.91 Å². The zero-order valence-electron chi connectivity index (χ0n) is 31.5. The minimum absolute atomic E-state index is 0.178. The van der Waals surface area contributed by atoms with Gasteiger partial charge in [0.1, 0.15) is 24.4 Å². The van der Waals surface area contributed by atoms with Crippen LogP contribution in [0.1, 0.15) is 181 Å². The quantitative estimate of drug-likeness (QED) is 0.0307. The van der Waals surface area contributed by atoms with E-state index in [0.717, 1.165) is 38.5 Å². The molecule has 0 aliphatic carbocycles. The minimum Gasteiger partial charge on any atom is -0.394 e. The first-order valence-corrected chi connectivity index (χ1v) is 20.4. The smallest absolute Gasteiger partial charge is 0.220 e. The van der Waals surface area contributed by atoms with Gasteiger partial charge < -0.3 is 40.3 Å². The zero-order chi connectivity index (χ0) is 36.0. The Balaban J connectivity index is 2.43. The topological polar surface area (TPSA) is 149 Å². The Morgan fingerprint density at radius 2 is 1.12 bits per heavy atom. The molecule has 0 saturated carbocycles. The highest BCUT2D eigenvalue weighted by Gasteiger charge is 2.44. The van der Waals surface area contributed by atoms with E-state index in [1.165, 1.54) is 122 Å². The van der Waals surface area contributed by atoms with E-state index in [1.54, 1.807) is 6.08 Å². The van der Waals surface area contributed by atoms with Crippen LogP contribution in [0.2, 0.25) is 0 Å². The minimum atomic E-state index is -1.56. The zero-order valence-corrected chi connectivity index (χ0v) is 31.5. The van der Waals surface area contributed by atoms with E-state index in [1.807, 2.05) is 6.08 Å². The molecular weight excluding hydrogens is 622 g/mol. The molecule has 6 N–H and O–H groups in total. The number of allylic oxidation sites excluding steroid dienone is 1. The van der Waals surface area contributed by atoms with E-state index >= 15 is 0 Å². The van der Waals surface area contributed by atoms with Crippen LogP contribution < -0.4 is 5.32 Å². The first kappa shape index (κ1) is 46.0. The summed E-state index contributed by atoms with van der Waals surface area (Å²) in [6.45, 7) is 3.75. The number of unbranched alkanes of at least 4 members (excludes halogenated alkanes) is 23. The van der Waals surface area contributed by atoms with Gasteiger partial charge in [-0.05, 0) is 19.3 Å². The number of hydrogen-bond acceptors (Lipinski definition) is 8. The predicted octanol–water partition coefficient (Wildman–Crippen LogP) is 7.39. The molecule has 1 aliphatic heterocycles. The molecule has 5 unspecified atom stereocenters. The number of ether oxygens (including phenoxy) is 2. The molecule has 0 aromatic rings. The van der Waals surface area contributed by atoms with Gasteiger partial charge in [-0.1, -0.05) is 167 Å². The van der Waals surface area contributed by atoms with Crippen LogP contribution in [0.3, 0.4) is 0 Å². The van der Waals surface area contributed by atoms with E-state index in [4.69, 9.17) is 9.47 Å². The highest BCUT2D eigenvalue weighted by Crippen LogP contribution is 2.22. The van der Waals surface area contributed by atoms with E-state index < -0.39 is 49.5 Å². The Kier molecular flexibility index (Phi) is 29.7. The number of carbonyl (C=O) groups excluding carboxylic acids is 1. The lowest BCUT2D eigenvalue weighted by Crippen LogP contribution is -2.60. The fourth-order valence-corrected chi connectivity index (χ4v) is 6.51. The molecule has 1 heterocycles. The van der Waals surface area contributed by atoms with Gasteiger partial charge in [-0.25, -0.2) is 0 Å². The Morgan fingerprint density at radius 3 is 1.59 bits per heavy atom. The van der Waals surface area contributed by atoms with Crippen LogP contribution in [0, 0.1) is 0 Å². The summed E-state index contributed by atoms with van der Waals surface area (Å²) in [5.74, 6) is -0.178. The second kappa shape index (κ2) is 31.6. The number of nitrogens with one attached hydrogen (secondary N) is 1. The Bertz CT molecular complexity index is 781. The third-order valence-corrected chi connectivity index (χ3v) is 9.86. The molecule has 290 valence electrons. The van der Waals surface area contributed by atoms with Gasteiger partial charge in [0, 0.05) is 6.42 Å². The molecule has 0 spiro atoms. The van der Waals surface area contributed by atoms with Crippen molar-refractivity contribution in [1.82, 2.24) is 5.32 Å². The second-order valence-corrected chi connectivity index (χ2v) is 14.4. The maximum absolute atomic E-state index is 12.9. The number of rotatable bonds is 33. The number of amides is 1. The summed E-state index contributed by atoms with van der Waals surface area (Å²) < 4.78 is 11.2. The molecule has 1 fully saturated rings. The molecule has 7 atom stereocenters. The van der Waals surface area contributed by atoms with E-state index in [-0.39, 0.29) is 12.5 Å². The first-order chi connectivity index (χ1) is 23.8. The average Bonchev–Trinajstić information content (AvgIpc) is 3.10. The van der Waals surface area contributed by atoms with Crippen molar-refractivity contribution in [2.75, 3.05) is 13.2 Å². The Morgan fingerprint density at radius 1 is 0.673 bits per heavy atom. The largest absolute Gasteiger partial charge is 0.394 e. The second-order valence-electron chi connectivity index (χ2n) is 14.4. The fourth-order valence-electron chi connectivity index (χ4n) is 6.51. The van der Waals surface area contributed by atoms with Gasteiger partial charge in [-0.3, -0.25) is 4.79 Å². The summed E-state index contributed by atoms with van der Waals surface area (Å²) in [4.78, 5) is 12.9. The maximum atomic E-state index is 12.9. The number of carbonyl (C=O) groups is 1. The van der Waals surface area contributed by atoms with E-state index in [9.17, 15) is 30.3 Å². The predicted molar refractivity (Wildman–Crippen MR) is 198 cm³/mol. The van der Waals surface area contributed by atoms with Gasteiger partial charge in [0.25, 0.3) is 0 Å². The summed E-state index contributed by atoms with van der Waals surface area (Å²) in [5.41, 5.74) is 0. The van der Waals surface area contributed by atoms with E-state index in [0.29, 0.717) is 6.42 Å². The molecule has 0 aromatic heterocycles. The molecule has 9 heteroatoms. The van der Waals surface area contributed by atoms with Crippen molar-refractivity contribution in [1.29, 1.82) is 0 Å². The van der Waals surface area contributed by atoms with Gasteiger partial charge in [0.2, 0.25) is 5.91 Å². The van der Waals surface area contributed by atoms with Gasteiger partial charge in [-0.15, -0.1) is 0 Å². The summed E-state index contributed by atoms with van der Waals surface area (Å²) in [6, 6.07) is -0.796. The average molecular weight is 700 g/mol. The molecule has 9 nitrogen and oxygen atoms in total. The van der Waals surface area contributed by atoms with Crippen LogP contribution in [0.25, 0.3) is 0 Å². The van der Waals surface area contributed by atoms with Crippen LogP contribution in [-0.4, -0.2) is 87.5 Å². The van der Waals surface area contributed by atoms with Crippen molar-refractivity contribution in [3.63, 3.8) is 0 Å². The Labute approximate surface area is 299 Å². The van der Waals surface area contributed by atoms with Crippen molar-refractivity contribution in [3.05, 3.63) is 12.2 Å². The highest BCUT2D eigenvalue weighted by atomic mass is 16.7. The lowest BCUT2D eigenvalue weighted by molar-refractivity contribution is -0.302. The lowest BCUT2D eigenvalue weighted by atomic mass is 9.99. The van der Waals surface area contributed by atoms with Crippen LogP contribution >= 0.6 is 0 Å². The van der Waals surface area contributed by atoms with Crippen molar-refractivity contribution in [2.24, 2.45) is 0 Å². The third kappa shape index (κ3) is 23.2. The molecule has 1 saturated heterocycles. The van der Waals surface area contributed by atoms with Gasteiger partial charge in [0.05, 0.1) is 25.4 Å². The van der Waals surface area contributed by atoms with Crippen LogP contribution in [0.5, 0.6) is 0 Å². The third-order valence-electron chi connectivity index (χ3n) is 9.86. The van der Waals surface area contributed by atoms with Crippen molar-refractivity contribution < 1.29 is 39.8 Å².